The smallest absolute Gasteiger partial charge is 0.141 e. The molecule has 0 unspecified atom stereocenters. The van der Waals surface area contributed by atoms with Gasteiger partial charge in [0.1, 0.15) is 5.75 Å². The van der Waals surface area contributed by atoms with Crippen molar-refractivity contribution < 1.29 is 4.74 Å². The van der Waals surface area contributed by atoms with Gasteiger partial charge in [-0.3, -0.25) is 0 Å². The van der Waals surface area contributed by atoms with Gasteiger partial charge in [-0.1, -0.05) is 29.4 Å². The van der Waals surface area contributed by atoms with Crippen LogP contribution in [0, 0.1) is 0 Å². The quantitative estimate of drug-likeness (QED) is 0.556. The summed E-state index contributed by atoms with van der Waals surface area (Å²) in [6.45, 7) is 16.2. The van der Waals surface area contributed by atoms with Gasteiger partial charge >= 0.3 is 0 Å². The minimum Gasteiger partial charge on any atom is -0.495 e. The zero-order chi connectivity index (χ0) is 16.6. The first-order chi connectivity index (χ1) is 10.4. The van der Waals surface area contributed by atoms with Gasteiger partial charge in [-0.05, 0) is 51.7 Å². The number of nitrogens with one attached hydrogen (secondary N) is 1. The summed E-state index contributed by atoms with van der Waals surface area (Å²) < 4.78 is 5.48. The third kappa shape index (κ3) is 5.44. The zero-order valence-corrected chi connectivity index (χ0v) is 14.2. The Morgan fingerprint density at radius 2 is 1.77 bits per heavy atom. The van der Waals surface area contributed by atoms with E-state index in [0.717, 1.165) is 48.3 Å². The first-order valence-electron chi connectivity index (χ1n) is 7.73. The lowest BCUT2D eigenvalue weighted by molar-refractivity contribution is 0.402. The maximum atomic E-state index is 5.48. The zero-order valence-electron chi connectivity index (χ0n) is 14.2. The van der Waals surface area contributed by atoms with Crippen molar-refractivity contribution in [3.05, 3.63) is 61.2 Å². The summed E-state index contributed by atoms with van der Waals surface area (Å²) in [7, 11) is 1.70. The van der Waals surface area contributed by atoms with E-state index >= 15 is 0 Å². The Morgan fingerprint density at radius 1 is 1.18 bits per heavy atom. The molecule has 1 N–H and O–H groups in total. The lowest BCUT2D eigenvalue weighted by atomic mass is 9.81. The van der Waals surface area contributed by atoms with Gasteiger partial charge in [-0.2, -0.15) is 0 Å². The van der Waals surface area contributed by atoms with Gasteiger partial charge in [0.25, 0.3) is 0 Å². The monoisotopic (exact) mass is 299 g/mol. The number of anilines is 1. The molecule has 0 saturated carbocycles. The van der Waals surface area contributed by atoms with Gasteiger partial charge in [-0.25, -0.2) is 0 Å². The fraction of sp³-hybridized carbons (Fsp3) is 0.400. The van der Waals surface area contributed by atoms with Crippen molar-refractivity contribution >= 4 is 5.69 Å². The Hall–Kier alpha value is -1.96. The van der Waals surface area contributed by atoms with Gasteiger partial charge < -0.3 is 10.1 Å². The fourth-order valence-corrected chi connectivity index (χ4v) is 2.96. The van der Waals surface area contributed by atoms with Crippen LogP contribution >= 0.6 is 0 Å². The van der Waals surface area contributed by atoms with E-state index in [9.17, 15) is 0 Å². The second kappa shape index (κ2) is 8.47. The Bertz CT molecular complexity index is 514. The Morgan fingerprint density at radius 3 is 2.27 bits per heavy atom. The third-order valence-corrected chi connectivity index (χ3v) is 3.61. The summed E-state index contributed by atoms with van der Waals surface area (Å²) in [5.41, 5.74) is 3.22. The second-order valence-corrected chi connectivity index (χ2v) is 6.20. The molecule has 0 aromatic heterocycles. The highest BCUT2D eigenvalue weighted by Gasteiger charge is 2.30. The molecule has 22 heavy (non-hydrogen) atoms. The molecule has 0 heterocycles. The highest BCUT2D eigenvalue weighted by atomic mass is 16.5. The van der Waals surface area contributed by atoms with Crippen molar-refractivity contribution in [2.45, 2.75) is 45.1 Å². The van der Waals surface area contributed by atoms with E-state index in [2.05, 4.69) is 45.0 Å². The summed E-state index contributed by atoms with van der Waals surface area (Å²) in [6.07, 6.45) is 5.68. The van der Waals surface area contributed by atoms with Crippen molar-refractivity contribution in [3.63, 3.8) is 0 Å². The molecule has 0 aliphatic heterocycles. The Kier molecular flexibility index (Phi) is 6.97. The van der Waals surface area contributed by atoms with Crippen molar-refractivity contribution in [3.8, 4) is 5.75 Å². The van der Waals surface area contributed by atoms with Crippen LogP contribution in [0.25, 0.3) is 0 Å². The Labute approximate surface area is 135 Å². The standard InChI is InChI=1S/C20H29NO/c1-7-8-13-20(14-16(2)3,15-17(4)5)21-18-11-9-10-12-19(18)22-6/h7,9-12,21H,1-2,4,8,13-15H2,3,5-6H3. The van der Waals surface area contributed by atoms with Gasteiger partial charge in [-0.15, -0.1) is 19.7 Å². The van der Waals surface area contributed by atoms with E-state index in [0.29, 0.717) is 0 Å². The summed E-state index contributed by atoms with van der Waals surface area (Å²) in [6, 6.07) is 8.03. The molecule has 1 aromatic carbocycles. The minimum absolute atomic E-state index is 0.111. The maximum Gasteiger partial charge on any atom is 0.141 e. The predicted molar refractivity (Wildman–Crippen MR) is 97.6 cm³/mol. The molecule has 0 bridgehead atoms. The van der Waals surface area contributed by atoms with E-state index in [1.165, 1.54) is 0 Å². The highest BCUT2D eigenvalue weighted by Crippen LogP contribution is 2.35. The first-order valence-corrected chi connectivity index (χ1v) is 7.73. The van der Waals surface area contributed by atoms with Crippen LogP contribution in [0.4, 0.5) is 5.69 Å². The molecule has 0 aliphatic carbocycles. The molecule has 0 aliphatic rings. The van der Waals surface area contributed by atoms with Crippen LogP contribution in [-0.2, 0) is 0 Å². The molecule has 2 nitrogen and oxygen atoms in total. The van der Waals surface area contributed by atoms with Crippen molar-refractivity contribution in [1.82, 2.24) is 0 Å². The first kappa shape index (κ1) is 18.1. The third-order valence-electron chi connectivity index (χ3n) is 3.61. The SMILES string of the molecule is C=CCCC(CC(=C)C)(CC(=C)C)Nc1ccccc1OC. The van der Waals surface area contributed by atoms with Gasteiger partial charge in [0.05, 0.1) is 12.8 Å². The molecule has 0 fully saturated rings. The number of hydrogen-bond donors (Lipinski definition) is 1. The summed E-state index contributed by atoms with van der Waals surface area (Å²) in [4.78, 5) is 0. The summed E-state index contributed by atoms with van der Waals surface area (Å²) in [5.74, 6) is 0.855. The van der Waals surface area contributed by atoms with Crippen LogP contribution in [0.1, 0.15) is 39.5 Å². The summed E-state index contributed by atoms with van der Waals surface area (Å²) in [5, 5.41) is 3.72. The van der Waals surface area contributed by atoms with Crippen molar-refractivity contribution in [2.24, 2.45) is 0 Å². The average Bonchev–Trinajstić information content (AvgIpc) is 2.44. The van der Waals surface area contributed by atoms with Gasteiger partial charge in [0.15, 0.2) is 0 Å². The van der Waals surface area contributed by atoms with Crippen molar-refractivity contribution in [2.75, 3.05) is 12.4 Å². The number of benzene rings is 1. The van der Waals surface area contributed by atoms with E-state index in [1.807, 2.05) is 24.3 Å². The molecule has 1 aromatic rings. The minimum atomic E-state index is -0.111. The molecule has 120 valence electrons. The molecule has 2 heteroatoms. The number of para-hydroxylation sites is 2. The number of ether oxygens (including phenoxy) is 1. The maximum absolute atomic E-state index is 5.48. The second-order valence-electron chi connectivity index (χ2n) is 6.20. The van der Waals surface area contributed by atoms with Crippen LogP contribution in [-0.4, -0.2) is 12.6 Å². The average molecular weight is 299 g/mol. The number of hydrogen-bond acceptors (Lipinski definition) is 2. The van der Waals surface area contributed by atoms with Crippen LogP contribution in [0.15, 0.2) is 61.2 Å². The molecule has 1 rings (SSSR count). The number of rotatable bonds is 10. The normalized spacial score (nSPS) is 10.9. The van der Waals surface area contributed by atoms with E-state index in [4.69, 9.17) is 4.74 Å². The molecule has 0 saturated heterocycles. The number of methoxy groups -OCH3 is 1. The fourth-order valence-electron chi connectivity index (χ4n) is 2.96. The predicted octanol–water partition coefficient (Wildman–Crippen LogP) is 5.74. The lowest BCUT2D eigenvalue weighted by Crippen LogP contribution is -2.39. The van der Waals surface area contributed by atoms with Crippen molar-refractivity contribution in [1.29, 1.82) is 0 Å². The molecular formula is C20H29NO. The van der Waals surface area contributed by atoms with Crippen LogP contribution in [0.5, 0.6) is 5.75 Å². The largest absolute Gasteiger partial charge is 0.495 e. The van der Waals surface area contributed by atoms with E-state index in [1.54, 1.807) is 7.11 Å². The topological polar surface area (TPSA) is 21.3 Å². The van der Waals surface area contributed by atoms with Gasteiger partial charge in [0.2, 0.25) is 0 Å². The molecule has 0 amide bonds. The molecule has 0 atom stereocenters. The van der Waals surface area contributed by atoms with Crippen LogP contribution in [0.3, 0.4) is 0 Å². The molecular weight excluding hydrogens is 270 g/mol. The molecule has 0 spiro atoms. The number of allylic oxidation sites excluding steroid dienone is 1. The highest BCUT2D eigenvalue weighted by molar-refractivity contribution is 5.58. The molecule has 0 radical (unpaired) electrons. The van der Waals surface area contributed by atoms with Crippen LogP contribution in [0.2, 0.25) is 0 Å². The van der Waals surface area contributed by atoms with Crippen LogP contribution < -0.4 is 10.1 Å². The van der Waals surface area contributed by atoms with E-state index in [-0.39, 0.29) is 5.54 Å². The Balaban J connectivity index is 3.17. The lowest BCUT2D eigenvalue weighted by Gasteiger charge is -2.37. The van der Waals surface area contributed by atoms with Gasteiger partial charge in [0, 0.05) is 5.54 Å². The summed E-state index contributed by atoms with van der Waals surface area (Å²) >= 11 is 0. The van der Waals surface area contributed by atoms with E-state index < -0.39 is 0 Å².